The van der Waals surface area contributed by atoms with Crippen molar-refractivity contribution in [3.05, 3.63) is 28.0 Å². The lowest BCUT2D eigenvalue weighted by Crippen LogP contribution is -2.38. The Kier molecular flexibility index (Phi) is 4.74. The Labute approximate surface area is 117 Å². The minimum Gasteiger partial charge on any atom is -0.343 e. The van der Waals surface area contributed by atoms with E-state index in [2.05, 4.69) is 5.32 Å². The van der Waals surface area contributed by atoms with Crippen molar-refractivity contribution in [3.63, 3.8) is 0 Å². The van der Waals surface area contributed by atoms with Gasteiger partial charge in [-0.15, -0.1) is 11.3 Å². The molecule has 2 amide bonds. The molecule has 4 nitrogen and oxygen atoms in total. The second-order valence-corrected chi connectivity index (χ2v) is 5.91. The van der Waals surface area contributed by atoms with Gasteiger partial charge in [0, 0.05) is 28.9 Å². The highest BCUT2D eigenvalue weighted by Gasteiger charge is 2.17. The van der Waals surface area contributed by atoms with Crippen molar-refractivity contribution in [2.24, 2.45) is 0 Å². The summed E-state index contributed by atoms with van der Waals surface area (Å²) in [5.41, 5.74) is 0. The molecule has 1 aromatic heterocycles. The van der Waals surface area contributed by atoms with E-state index in [-0.39, 0.29) is 18.4 Å². The molecule has 0 saturated carbocycles. The maximum Gasteiger partial charge on any atom is 0.244 e. The molecule has 1 saturated heterocycles. The first kappa shape index (κ1) is 13.8. The SMILES string of the molecule is Cc1ccc(/C=C/C(=O)NCC(=O)N2CCCC2)s1. The highest BCUT2D eigenvalue weighted by molar-refractivity contribution is 7.12. The van der Waals surface area contributed by atoms with Gasteiger partial charge < -0.3 is 10.2 Å². The van der Waals surface area contributed by atoms with Crippen molar-refractivity contribution < 1.29 is 9.59 Å². The number of rotatable bonds is 4. The van der Waals surface area contributed by atoms with Gasteiger partial charge in [0.25, 0.3) is 0 Å². The van der Waals surface area contributed by atoms with Crippen LogP contribution in [0.4, 0.5) is 0 Å². The molecule has 5 heteroatoms. The molecular formula is C14H18N2O2S. The van der Waals surface area contributed by atoms with Crippen LogP contribution in [0, 0.1) is 6.92 Å². The van der Waals surface area contributed by atoms with Crippen LogP contribution in [0.1, 0.15) is 22.6 Å². The second-order valence-electron chi connectivity index (χ2n) is 4.59. The number of carbonyl (C=O) groups excluding carboxylic acids is 2. The molecule has 2 heterocycles. The molecule has 0 spiro atoms. The smallest absolute Gasteiger partial charge is 0.244 e. The third-order valence-electron chi connectivity index (χ3n) is 3.03. The zero-order valence-corrected chi connectivity index (χ0v) is 11.8. The molecule has 0 aromatic carbocycles. The fourth-order valence-electron chi connectivity index (χ4n) is 2.00. The van der Waals surface area contributed by atoms with Crippen LogP contribution in [0.3, 0.4) is 0 Å². The minimum absolute atomic E-state index is 0.00576. The van der Waals surface area contributed by atoms with E-state index in [4.69, 9.17) is 0 Å². The molecule has 0 radical (unpaired) electrons. The van der Waals surface area contributed by atoms with Crippen molar-refractivity contribution in [2.45, 2.75) is 19.8 Å². The van der Waals surface area contributed by atoms with Gasteiger partial charge in [0.1, 0.15) is 0 Å². The van der Waals surface area contributed by atoms with Crippen molar-refractivity contribution in [2.75, 3.05) is 19.6 Å². The molecule has 1 aliphatic heterocycles. The number of nitrogens with one attached hydrogen (secondary N) is 1. The van der Waals surface area contributed by atoms with Crippen LogP contribution in [0.25, 0.3) is 6.08 Å². The lowest BCUT2D eigenvalue weighted by atomic mass is 10.4. The summed E-state index contributed by atoms with van der Waals surface area (Å²) in [5.74, 6) is -0.218. The standard InChI is InChI=1S/C14H18N2O2S/c1-11-4-5-12(19-11)6-7-13(17)15-10-14(18)16-8-2-3-9-16/h4-7H,2-3,8-10H2,1H3,(H,15,17)/b7-6+. The molecule has 1 aromatic rings. The molecule has 102 valence electrons. The molecule has 1 aliphatic rings. The van der Waals surface area contributed by atoms with Gasteiger partial charge in [-0.1, -0.05) is 0 Å². The molecular weight excluding hydrogens is 260 g/mol. The van der Waals surface area contributed by atoms with Gasteiger partial charge in [0.05, 0.1) is 6.54 Å². The first-order valence-electron chi connectivity index (χ1n) is 6.45. The summed E-state index contributed by atoms with van der Waals surface area (Å²) in [6, 6.07) is 3.98. The zero-order chi connectivity index (χ0) is 13.7. The third-order valence-corrected chi connectivity index (χ3v) is 4.00. The molecule has 1 fully saturated rings. The fourth-order valence-corrected chi connectivity index (χ4v) is 2.78. The molecule has 1 N–H and O–H groups in total. The van der Waals surface area contributed by atoms with Gasteiger partial charge in [0.2, 0.25) is 11.8 Å². The Morgan fingerprint density at radius 2 is 2.11 bits per heavy atom. The second kappa shape index (κ2) is 6.52. The van der Waals surface area contributed by atoms with Crippen LogP contribution in [0.2, 0.25) is 0 Å². The normalized spacial score (nSPS) is 15.1. The van der Waals surface area contributed by atoms with Crippen LogP contribution >= 0.6 is 11.3 Å². The summed E-state index contributed by atoms with van der Waals surface area (Å²) < 4.78 is 0. The van der Waals surface area contributed by atoms with Crippen LogP contribution in [-0.4, -0.2) is 36.3 Å². The Balaban J connectivity index is 1.75. The number of amides is 2. The molecule has 19 heavy (non-hydrogen) atoms. The van der Waals surface area contributed by atoms with Gasteiger partial charge in [-0.25, -0.2) is 0 Å². The predicted molar refractivity (Wildman–Crippen MR) is 76.9 cm³/mol. The Morgan fingerprint density at radius 3 is 2.74 bits per heavy atom. The maximum absolute atomic E-state index is 11.7. The topological polar surface area (TPSA) is 49.4 Å². The van der Waals surface area contributed by atoms with Crippen LogP contribution < -0.4 is 5.32 Å². The van der Waals surface area contributed by atoms with Crippen molar-refractivity contribution in [1.82, 2.24) is 10.2 Å². The molecule has 0 aliphatic carbocycles. The van der Waals surface area contributed by atoms with E-state index in [1.807, 2.05) is 19.1 Å². The number of nitrogens with zero attached hydrogens (tertiary/aromatic N) is 1. The molecule has 0 bridgehead atoms. The predicted octanol–water partition coefficient (Wildman–Crippen LogP) is 1.81. The molecule has 2 rings (SSSR count). The summed E-state index contributed by atoms with van der Waals surface area (Å²) in [4.78, 5) is 27.3. The Hall–Kier alpha value is -1.62. The number of thiophene rings is 1. The van der Waals surface area contributed by atoms with Crippen LogP contribution in [-0.2, 0) is 9.59 Å². The lowest BCUT2D eigenvalue weighted by molar-refractivity contribution is -0.131. The van der Waals surface area contributed by atoms with Crippen molar-refractivity contribution in [3.8, 4) is 0 Å². The van der Waals surface area contributed by atoms with Crippen molar-refractivity contribution in [1.29, 1.82) is 0 Å². The maximum atomic E-state index is 11.7. The zero-order valence-electron chi connectivity index (χ0n) is 11.0. The van der Waals surface area contributed by atoms with Crippen LogP contribution in [0.5, 0.6) is 0 Å². The number of carbonyl (C=O) groups is 2. The first-order valence-corrected chi connectivity index (χ1v) is 7.27. The van der Waals surface area contributed by atoms with E-state index in [9.17, 15) is 9.59 Å². The van der Waals surface area contributed by atoms with Gasteiger partial charge in [-0.05, 0) is 38.0 Å². The summed E-state index contributed by atoms with van der Waals surface area (Å²) in [6.45, 7) is 3.75. The van der Waals surface area contributed by atoms with Gasteiger partial charge >= 0.3 is 0 Å². The highest BCUT2D eigenvalue weighted by atomic mass is 32.1. The average Bonchev–Trinajstić information content (AvgIpc) is 3.04. The van der Waals surface area contributed by atoms with E-state index in [0.717, 1.165) is 30.8 Å². The van der Waals surface area contributed by atoms with E-state index in [1.165, 1.54) is 11.0 Å². The lowest BCUT2D eigenvalue weighted by Gasteiger charge is -2.14. The summed E-state index contributed by atoms with van der Waals surface area (Å²) in [5, 5.41) is 2.62. The van der Waals surface area contributed by atoms with Crippen LogP contribution in [0.15, 0.2) is 18.2 Å². The quantitative estimate of drug-likeness (QED) is 0.854. The molecule has 0 unspecified atom stereocenters. The number of likely N-dealkylation sites (tertiary alicyclic amines) is 1. The number of hydrogen-bond donors (Lipinski definition) is 1. The van der Waals surface area contributed by atoms with E-state index < -0.39 is 0 Å². The van der Waals surface area contributed by atoms with Crippen molar-refractivity contribution >= 4 is 29.2 Å². The van der Waals surface area contributed by atoms with Gasteiger partial charge in [-0.2, -0.15) is 0 Å². The Bertz CT molecular complexity index is 487. The fraction of sp³-hybridized carbons (Fsp3) is 0.429. The number of aryl methyl sites for hydroxylation is 1. The highest BCUT2D eigenvalue weighted by Crippen LogP contribution is 2.16. The third kappa shape index (κ3) is 4.21. The van der Waals surface area contributed by atoms with E-state index >= 15 is 0 Å². The monoisotopic (exact) mass is 278 g/mol. The minimum atomic E-state index is -0.224. The summed E-state index contributed by atoms with van der Waals surface area (Å²) in [6.07, 6.45) is 5.38. The molecule has 0 atom stereocenters. The van der Waals surface area contributed by atoms with E-state index in [1.54, 1.807) is 22.3 Å². The first-order chi connectivity index (χ1) is 9.15. The van der Waals surface area contributed by atoms with Gasteiger partial charge in [-0.3, -0.25) is 9.59 Å². The summed E-state index contributed by atoms with van der Waals surface area (Å²) in [7, 11) is 0. The van der Waals surface area contributed by atoms with E-state index in [0.29, 0.717) is 0 Å². The van der Waals surface area contributed by atoms with Gasteiger partial charge in [0.15, 0.2) is 0 Å². The Morgan fingerprint density at radius 1 is 1.37 bits per heavy atom. The summed E-state index contributed by atoms with van der Waals surface area (Å²) >= 11 is 1.63. The average molecular weight is 278 g/mol. The largest absolute Gasteiger partial charge is 0.343 e. The number of hydrogen-bond acceptors (Lipinski definition) is 3.